The quantitative estimate of drug-likeness (QED) is 0.224. The molecule has 0 saturated heterocycles. The first-order chi connectivity index (χ1) is 10.9. The molecule has 22 heavy (non-hydrogen) atoms. The average molecular weight is 307 g/mol. The summed E-state index contributed by atoms with van der Waals surface area (Å²) in [6, 6.07) is 0. The van der Waals surface area contributed by atoms with Crippen LogP contribution in [0.5, 0.6) is 0 Å². The van der Waals surface area contributed by atoms with E-state index in [4.69, 9.17) is 0 Å². The van der Waals surface area contributed by atoms with Crippen LogP contribution in [-0.2, 0) is 0 Å². The Balaban J connectivity index is 1.73. The SMILES string of the molecule is CCCCCCCCCCCCCCC=CC1CCCCC1. The molecule has 0 unspecified atom stereocenters. The number of unbranched alkanes of at least 4 members (excludes halogenated alkanes) is 12. The zero-order chi connectivity index (χ0) is 15.7. The van der Waals surface area contributed by atoms with Gasteiger partial charge in [0.15, 0.2) is 0 Å². The van der Waals surface area contributed by atoms with E-state index in [0.717, 1.165) is 5.92 Å². The number of rotatable bonds is 14. The van der Waals surface area contributed by atoms with Gasteiger partial charge in [-0.1, -0.05) is 109 Å². The molecule has 0 N–H and O–H groups in total. The summed E-state index contributed by atoms with van der Waals surface area (Å²) < 4.78 is 0. The van der Waals surface area contributed by atoms with Crippen LogP contribution in [0.15, 0.2) is 12.2 Å². The molecular weight excluding hydrogens is 264 g/mol. The van der Waals surface area contributed by atoms with E-state index in [1.165, 1.54) is 116 Å². The lowest BCUT2D eigenvalue weighted by molar-refractivity contribution is 0.418. The van der Waals surface area contributed by atoms with E-state index in [1.54, 1.807) is 0 Å². The molecule has 0 radical (unpaired) electrons. The van der Waals surface area contributed by atoms with Crippen LogP contribution in [0.1, 0.15) is 122 Å². The van der Waals surface area contributed by atoms with Gasteiger partial charge in [-0.15, -0.1) is 0 Å². The Morgan fingerprint density at radius 2 is 1.14 bits per heavy atom. The fourth-order valence-electron chi connectivity index (χ4n) is 3.72. The Morgan fingerprint density at radius 1 is 0.636 bits per heavy atom. The lowest BCUT2D eigenvalue weighted by Gasteiger charge is -2.17. The Hall–Kier alpha value is -0.260. The second-order valence-corrected chi connectivity index (χ2v) is 7.50. The maximum Gasteiger partial charge on any atom is -0.0234 e. The normalized spacial score (nSPS) is 16.6. The van der Waals surface area contributed by atoms with Crippen molar-refractivity contribution in [2.75, 3.05) is 0 Å². The standard InChI is InChI=1S/C22H42/c1-2-3-4-5-6-7-8-9-10-11-12-13-14-16-19-22-20-17-15-18-21-22/h16,19,22H,2-15,17-18,20-21H2,1H3. The first kappa shape index (κ1) is 19.8. The van der Waals surface area contributed by atoms with E-state index in [1.807, 2.05) is 0 Å². The molecule has 0 amide bonds. The van der Waals surface area contributed by atoms with Crippen LogP contribution in [0.2, 0.25) is 0 Å². The molecule has 0 atom stereocenters. The summed E-state index contributed by atoms with van der Waals surface area (Å²) in [5.74, 6) is 0.922. The van der Waals surface area contributed by atoms with E-state index < -0.39 is 0 Å². The molecule has 0 nitrogen and oxygen atoms in total. The van der Waals surface area contributed by atoms with E-state index in [2.05, 4.69) is 19.1 Å². The van der Waals surface area contributed by atoms with Gasteiger partial charge in [-0.3, -0.25) is 0 Å². The van der Waals surface area contributed by atoms with Gasteiger partial charge in [-0.2, -0.15) is 0 Å². The van der Waals surface area contributed by atoms with Crippen molar-refractivity contribution in [2.45, 2.75) is 122 Å². The van der Waals surface area contributed by atoms with Gasteiger partial charge in [0.2, 0.25) is 0 Å². The minimum atomic E-state index is 0.922. The molecule has 1 aliphatic carbocycles. The summed E-state index contributed by atoms with van der Waals surface area (Å²) in [6.07, 6.45) is 31.1. The topological polar surface area (TPSA) is 0 Å². The molecule has 0 bridgehead atoms. The maximum absolute atomic E-state index is 2.53. The number of hydrogen-bond acceptors (Lipinski definition) is 0. The fraction of sp³-hybridized carbons (Fsp3) is 0.909. The van der Waals surface area contributed by atoms with E-state index in [0.29, 0.717) is 0 Å². The van der Waals surface area contributed by atoms with Gasteiger partial charge in [0, 0.05) is 0 Å². The van der Waals surface area contributed by atoms with Crippen molar-refractivity contribution in [3.63, 3.8) is 0 Å². The summed E-state index contributed by atoms with van der Waals surface area (Å²) in [6.45, 7) is 2.30. The van der Waals surface area contributed by atoms with Crippen molar-refractivity contribution >= 4 is 0 Å². The van der Waals surface area contributed by atoms with E-state index in [9.17, 15) is 0 Å². The summed E-state index contributed by atoms with van der Waals surface area (Å²) >= 11 is 0. The third kappa shape index (κ3) is 12.3. The molecule has 1 aliphatic rings. The molecule has 1 rings (SSSR count). The van der Waals surface area contributed by atoms with Gasteiger partial charge in [-0.05, 0) is 31.6 Å². The van der Waals surface area contributed by atoms with Crippen molar-refractivity contribution < 1.29 is 0 Å². The Labute approximate surface area is 141 Å². The van der Waals surface area contributed by atoms with Crippen LogP contribution in [0.3, 0.4) is 0 Å². The molecule has 0 aromatic carbocycles. The lowest BCUT2D eigenvalue weighted by atomic mass is 9.89. The highest BCUT2D eigenvalue weighted by atomic mass is 14.1. The second kappa shape index (κ2) is 15.6. The van der Waals surface area contributed by atoms with Crippen LogP contribution in [0, 0.1) is 5.92 Å². The maximum atomic E-state index is 2.53. The number of hydrogen-bond donors (Lipinski definition) is 0. The molecule has 0 aromatic rings. The third-order valence-corrected chi connectivity index (χ3v) is 5.28. The zero-order valence-electron chi connectivity index (χ0n) is 15.5. The third-order valence-electron chi connectivity index (χ3n) is 5.28. The molecular formula is C22H42. The van der Waals surface area contributed by atoms with Gasteiger partial charge in [0.25, 0.3) is 0 Å². The van der Waals surface area contributed by atoms with Crippen molar-refractivity contribution in [3.8, 4) is 0 Å². The summed E-state index contributed by atoms with van der Waals surface area (Å²) in [7, 11) is 0. The van der Waals surface area contributed by atoms with E-state index in [-0.39, 0.29) is 0 Å². The lowest BCUT2D eigenvalue weighted by Crippen LogP contribution is -2.02. The molecule has 0 aliphatic heterocycles. The van der Waals surface area contributed by atoms with Gasteiger partial charge >= 0.3 is 0 Å². The smallest absolute Gasteiger partial charge is 0.0234 e. The number of allylic oxidation sites excluding steroid dienone is 2. The fourth-order valence-corrected chi connectivity index (χ4v) is 3.72. The molecule has 130 valence electrons. The minimum Gasteiger partial charge on any atom is -0.0883 e. The van der Waals surface area contributed by atoms with Crippen molar-refractivity contribution in [2.24, 2.45) is 5.92 Å². The van der Waals surface area contributed by atoms with Gasteiger partial charge in [0.05, 0.1) is 0 Å². The molecule has 0 heterocycles. The summed E-state index contributed by atoms with van der Waals surface area (Å²) in [4.78, 5) is 0. The molecule has 0 aromatic heterocycles. The van der Waals surface area contributed by atoms with Gasteiger partial charge in [0.1, 0.15) is 0 Å². The van der Waals surface area contributed by atoms with Crippen LogP contribution in [-0.4, -0.2) is 0 Å². The van der Waals surface area contributed by atoms with Crippen molar-refractivity contribution in [3.05, 3.63) is 12.2 Å². The van der Waals surface area contributed by atoms with E-state index >= 15 is 0 Å². The highest BCUT2D eigenvalue weighted by Crippen LogP contribution is 2.24. The zero-order valence-corrected chi connectivity index (χ0v) is 15.5. The second-order valence-electron chi connectivity index (χ2n) is 7.50. The van der Waals surface area contributed by atoms with Crippen LogP contribution in [0.4, 0.5) is 0 Å². The Bertz CT molecular complexity index is 234. The average Bonchev–Trinajstić information content (AvgIpc) is 2.56. The summed E-state index contributed by atoms with van der Waals surface area (Å²) in [5.41, 5.74) is 0. The van der Waals surface area contributed by atoms with Crippen LogP contribution >= 0.6 is 0 Å². The predicted molar refractivity (Wildman–Crippen MR) is 101 cm³/mol. The van der Waals surface area contributed by atoms with Gasteiger partial charge < -0.3 is 0 Å². The minimum absolute atomic E-state index is 0.922. The highest BCUT2D eigenvalue weighted by Gasteiger charge is 2.09. The monoisotopic (exact) mass is 306 g/mol. The predicted octanol–water partition coefficient (Wildman–Crippen LogP) is 8.21. The molecule has 1 saturated carbocycles. The molecule has 1 fully saturated rings. The molecule has 0 heteroatoms. The Morgan fingerprint density at radius 3 is 1.68 bits per heavy atom. The largest absolute Gasteiger partial charge is 0.0883 e. The molecule has 0 spiro atoms. The summed E-state index contributed by atoms with van der Waals surface area (Å²) in [5, 5.41) is 0. The Kier molecular flexibility index (Phi) is 14.1. The first-order valence-corrected chi connectivity index (χ1v) is 10.6. The van der Waals surface area contributed by atoms with Crippen LogP contribution in [0.25, 0.3) is 0 Å². The van der Waals surface area contributed by atoms with Crippen molar-refractivity contribution in [1.29, 1.82) is 0 Å². The van der Waals surface area contributed by atoms with Crippen molar-refractivity contribution in [1.82, 2.24) is 0 Å². The van der Waals surface area contributed by atoms with Gasteiger partial charge in [-0.25, -0.2) is 0 Å². The van der Waals surface area contributed by atoms with Crippen LogP contribution < -0.4 is 0 Å². The first-order valence-electron chi connectivity index (χ1n) is 10.6. The highest BCUT2D eigenvalue weighted by molar-refractivity contribution is 4.89.